The predicted octanol–water partition coefficient (Wildman–Crippen LogP) is 4.75. The summed E-state index contributed by atoms with van der Waals surface area (Å²) in [5, 5.41) is 0. The summed E-state index contributed by atoms with van der Waals surface area (Å²) in [6.45, 7) is 2.27. The molecule has 0 radical (unpaired) electrons. The Morgan fingerprint density at radius 2 is 1.45 bits per heavy atom. The van der Waals surface area contributed by atoms with E-state index in [1.807, 2.05) is 0 Å². The van der Waals surface area contributed by atoms with Crippen molar-refractivity contribution in [3.8, 4) is 0 Å². The molecule has 0 heterocycles. The van der Waals surface area contributed by atoms with Crippen molar-refractivity contribution >= 4 is 23.4 Å². The van der Waals surface area contributed by atoms with Crippen LogP contribution in [0, 0.1) is 0 Å². The molecule has 22 heavy (non-hydrogen) atoms. The van der Waals surface area contributed by atoms with Gasteiger partial charge < -0.3 is 0 Å². The number of hydrogen-bond acceptors (Lipinski definition) is 1. The van der Waals surface area contributed by atoms with Crippen LogP contribution in [0.5, 0.6) is 0 Å². The SMILES string of the molecule is [Li][C](CCCCC)(c1ccccc1)c1ccc(N(C)C)cc1. The molecule has 2 rings (SSSR count). The molecule has 0 amide bonds. The topological polar surface area (TPSA) is 3.24 Å². The number of anilines is 1. The van der Waals surface area contributed by atoms with Gasteiger partial charge in [-0.15, -0.1) is 0 Å². The van der Waals surface area contributed by atoms with Crippen molar-refractivity contribution in [1.29, 1.82) is 0 Å². The normalized spacial score (nSPS) is 13.7. The molecular formula is C20H26LiN. The zero-order valence-electron chi connectivity index (χ0n) is 14.5. The fraction of sp³-hybridized carbons (Fsp3) is 0.400. The van der Waals surface area contributed by atoms with Gasteiger partial charge >= 0.3 is 145 Å². The van der Waals surface area contributed by atoms with E-state index in [-0.39, 0.29) is 4.09 Å². The molecule has 0 saturated carbocycles. The average molecular weight is 287 g/mol. The number of benzene rings is 2. The Hall–Kier alpha value is -1.16. The Bertz CT molecular complexity index is 562. The van der Waals surface area contributed by atoms with Crippen molar-refractivity contribution in [2.75, 3.05) is 19.0 Å². The van der Waals surface area contributed by atoms with Crippen molar-refractivity contribution < 1.29 is 0 Å². The van der Waals surface area contributed by atoms with Crippen molar-refractivity contribution in [2.24, 2.45) is 0 Å². The Morgan fingerprint density at radius 3 is 2.00 bits per heavy atom. The average Bonchev–Trinajstić information content (AvgIpc) is 2.56. The van der Waals surface area contributed by atoms with Gasteiger partial charge in [0.15, 0.2) is 0 Å². The zero-order valence-corrected chi connectivity index (χ0v) is 14.5. The van der Waals surface area contributed by atoms with Crippen LogP contribution in [-0.4, -0.2) is 31.8 Å². The first-order valence-electron chi connectivity index (χ1n) is 8.41. The summed E-state index contributed by atoms with van der Waals surface area (Å²) in [6, 6.07) is 20.0. The number of nitrogens with zero attached hydrogens (tertiary/aromatic N) is 1. The van der Waals surface area contributed by atoms with Crippen LogP contribution in [0.25, 0.3) is 0 Å². The summed E-state index contributed by atoms with van der Waals surface area (Å²) < 4.78 is 0.0985. The molecule has 0 fully saturated rings. The minimum absolute atomic E-state index is 0.0985. The summed E-state index contributed by atoms with van der Waals surface area (Å²) >= 11 is 2.39. The van der Waals surface area contributed by atoms with E-state index in [0.717, 1.165) is 0 Å². The van der Waals surface area contributed by atoms with E-state index in [1.165, 1.54) is 42.5 Å². The first kappa shape index (κ1) is 17.2. The van der Waals surface area contributed by atoms with Gasteiger partial charge in [0.2, 0.25) is 0 Å². The number of hydrogen-bond donors (Lipinski definition) is 0. The molecule has 2 aromatic carbocycles. The second-order valence-electron chi connectivity index (χ2n) is 6.60. The maximum absolute atomic E-state index is 2.39. The van der Waals surface area contributed by atoms with E-state index in [1.54, 1.807) is 0 Å². The molecule has 1 atom stereocenters. The van der Waals surface area contributed by atoms with Crippen LogP contribution in [0.4, 0.5) is 5.69 Å². The Balaban J connectivity index is 2.35. The molecule has 0 aliphatic rings. The molecule has 2 heteroatoms. The van der Waals surface area contributed by atoms with Gasteiger partial charge in [-0.3, -0.25) is 0 Å². The van der Waals surface area contributed by atoms with E-state index in [9.17, 15) is 0 Å². The van der Waals surface area contributed by atoms with Gasteiger partial charge in [0.05, 0.1) is 0 Å². The van der Waals surface area contributed by atoms with Crippen molar-refractivity contribution in [2.45, 2.75) is 36.7 Å². The fourth-order valence-corrected chi connectivity index (χ4v) is 3.12. The van der Waals surface area contributed by atoms with Gasteiger partial charge in [0, 0.05) is 0 Å². The zero-order chi connectivity index (χ0) is 16.0. The second kappa shape index (κ2) is 7.91. The van der Waals surface area contributed by atoms with Crippen molar-refractivity contribution in [1.82, 2.24) is 0 Å². The standard InChI is InChI=1S/C20H26N.Li/c1-4-5-7-12-20(17-10-8-6-9-11-17)18-13-15-19(16-14-18)21(2)3;/h6,8-11,13-16H,4-5,7,12H2,1-3H3;. The molecule has 112 valence electrons. The Morgan fingerprint density at radius 1 is 0.864 bits per heavy atom. The number of unbranched alkanes of at least 4 members (excludes halogenated alkanes) is 2. The summed E-state index contributed by atoms with van der Waals surface area (Å²) in [5.41, 5.74) is 4.09. The second-order valence-corrected chi connectivity index (χ2v) is 6.60. The molecule has 0 aliphatic carbocycles. The van der Waals surface area contributed by atoms with Gasteiger partial charge in [-0.25, -0.2) is 0 Å². The van der Waals surface area contributed by atoms with Crippen LogP contribution in [-0.2, 0) is 4.09 Å². The Kier molecular flexibility index (Phi) is 6.18. The summed E-state index contributed by atoms with van der Waals surface area (Å²) in [7, 11) is 4.18. The molecule has 0 aromatic heterocycles. The predicted molar refractivity (Wildman–Crippen MR) is 97.9 cm³/mol. The van der Waals surface area contributed by atoms with E-state index in [4.69, 9.17) is 0 Å². The molecule has 1 unspecified atom stereocenters. The first-order valence-corrected chi connectivity index (χ1v) is 8.41. The Labute approximate surface area is 144 Å². The van der Waals surface area contributed by atoms with E-state index in [0.29, 0.717) is 0 Å². The van der Waals surface area contributed by atoms with Crippen LogP contribution in [0.1, 0.15) is 43.7 Å². The van der Waals surface area contributed by atoms with Gasteiger partial charge in [0.1, 0.15) is 0 Å². The molecule has 1 nitrogen and oxygen atoms in total. The molecule has 0 aliphatic heterocycles. The molecular weight excluding hydrogens is 261 g/mol. The van der Waals surface area contributed by atoms with E-state index >= 15 is 0 Å². The van der Waals surface area contributed by atoms with Crippen LogP contribution >= 0.6 is 0 Å². The quantitative estimate of drug-likeness (QED) is 0.525. The van der Waals surface area contributed by atoms with Gasteiger partial charge in [0.25, 0.3) is 0 Å². The molecule has 2 aromatic rings. The maximum atomic E-state index is 2.39. The summed E-state index contributed by atoms with van der Waals surface area (Å²) in [4.78, 5) is 2.15. The molecule has 0 saturated heterocycles. The summed E-state index contributed by atoms with van der Waals surface area (Å²) in [5.74, 6) is 0. The van der Waals surface area contributed by atoms with Crippen molar-refractivity contribution in [3.05, 3.63) is 65.7 Å². The van der Waals surface area contributed by atoms with E-state index in [2.05, 4.69) is 98.2 Å². The first-order chi connectivity index (χ1) is 10.6. The monoisotopic (exact) mass is 287 g/mol. The third-order valence-electron chi connectivity index (χ3n) is 4.71. The van der Waals surface area contributed by atoms with Gasteiger partial charge in [-0.1, -0.05) is 0 Å². The fourth-order valence-electron chi connectivity index (χ4n) is 3.12. The van der Waals surface area contributed by atoms with Crippen LogP contribution in [0.2, 0.25) is 0 Å². The molecule has 0 spiro atoms. The number of rotatable bonds is 7. The van der Waals surface area contributed by atoms with Crippen LogP contribution in [0.3, 0.4) is 0 Å². The molecule has 0 N–H and O–H groups in total. The third kappa shape index (κ3) is 3.97. The molecule has 0 bridgehead atoms. The van der Waals surface area contributed by atoms with Crippen LogP contribution in [0.15, 0.2) is 54.6 Å². The van der Waals surface area contributed by atoms with Crippen LogP contribution < -0.4 is 4.90 Å². The third-order valence-corrected chi connectivity index (χ3v) is 4.71. The van der Waals surface area contributed by atoms with Crippen molar-refractivity contribution in [3.63, 3.8) is 0 Å². The van der Waals surface area contributed by atoms with Gasteiger partial charge in [-0.05, 0) is 0 Å². The van der Waals surface area contributed by atoms with Gasteiger partial charge in [-0.2, -0.15) is 0 Å². The van der Waals surface area contributed by atoms with E-state index < -0.39 is 0 Å². The minimum atomic E-state index is 0.0985. The summed E-state index contributed by atoms with van der Waals surface area (Å²) in [6.07, 6.45) is 5.05.